The number of hydrogen-bond acceptors (Lipinski definition) is 4. The number of amides is 2. The number of fused-ring (bicyclic) bond motifs is 1. The standard InChI is InChI=1S/C22H22N2O3S/c25-20(23-11-9-15-5-2-1-3-6-15)18-17-8-10-22(27-17)14-24(21(26)19(18)22)13-16-7-4-12-28-16/h1-8,10,12,17-19H,9,11,13-14H2,(H,23,25). The number of nitrogens with one attached hydrogen (secondary N) is 1. The van der Waals surface area contributed by atoms with E-state index < -0.39 is 17.4 Å². The lowest BCUT2D eigenvalue weighted by Gasteiger charge is -2.23. The number of likely N-dealkylation sites (tertiary alicyclic amines) is 1. The minimum Gasteiger partial charge on any atom is -0.360 e. The Morgan fingerprint density at radius 3 is 2.89 bits per heavy atom. The Balaban J connectivity index is 1.27. The fourth-order valence-electron chi connectivity index (χ4n) is 4.69. The van der Waals surface area contributed by atoms with Gasteiger partial charge in [0.15, 0.2) is 0 Å². The number of ether oxygens (including phenoxy) is 1. The summed E-state index contributed by atoms with van der Waals surface area (Å²) in [6, 6.07) is 14.1. The van der Waals surface area contributed by atoms with E-state index in [4.69, 9.17) is 4.74 Å². The third-order valence-corrected chi connectivity index (χ3v) is 6.83. The first kappa shape index (κ1) is 17.6. The van der Waals surface area contributed by atoms with E-state index in [1.807, 2.05) is 64.9 Å². The number of benzene rings is 1. The topological polar surface area (TPSA) is 58.6 Å². The Morgan fingerprint density at radius 1 is 1.25 bits per heavy atom. The highest BCUT2D eigenvalue weighted by Crippen LogP contribution is 2.52. The third kappa shape index (κ3) is 2.88. The highest BCUT2D eigenvalue weighted by Gasteiger charge is 2.66. The molecule has 2 aromatic rings. The van der Waals surface area contributed by atoms with Crippen molar-refractivity contribution in [3.63, 3.8) is 0 Å². The Labute approximate surface area is 168 Å². The molecule has 4 unspecified atom stereocenters. The van der Waals surface area contributed by atoms with Gasteiger partial charge in [-0.1, -0.05) is 48.6 Å². The summed E-state index contributed by atoms with van der Waals surface area (Å²) in [6.07, 6.45) is 4.44. The molecule has 1 aromatic heterocycles. The van der Waals surface area contributed by atoms with E-state index in [1.165, 1.54) is 5.56 Å². The van der Waals surface area contributed by atoms with Crippen LogP contribution < -0.4 is 5.32 Å². The van der Waals surface area contributed by atoms with Crippen molar-refractivity contribution in [2.24, 2.45) is 11.8 Å². The van der Waals surface area contributed by atoms with Crippen LogP contribution in [0.3, 0.4) is 0 Å². The first-order chi connectivity index (χ1) is 13.7. The molecule has 4 atom stereocenters. The lowest BCUT2D eigenvalue weighted by atomic mass is 9.77. The maximum Gasteiger partial charge on any atom is 0.230 e. The molecule has 1 N–H and O–H groups in total. The van der Waals surface area contributed by atoms with Crippen LogP contribution in [-0.2, 0) is 27.3 Å². The lowest BCUT2D eigenvalue weighted by molar-refractivity contribution is -0.137. The second-order valence-corrected chi connectivity index (χ2v) is 8.73. The highest BCUT2D eigenvalue weighted by molar-refractivity contribution is 7.09. The monoisotopic (exact) mass is 394 g/mol. The van der Waals surface area contributed by atoms with Crippen molar-refractivity contribution < 1.29 is 14.3 Å². The number of nitrogens with zero attached hydrogens (tertiary/aromatic N) is 1. The van der Waals surface area contributed by atoms with Gasteiger partial charge in [-0.15, -0.1) is 11.3 Å². The van der Waals surface area contributed by atoms with Crippen molar-refractivity contribution in [2.75, 3.05) is 13.1 Å². The molecule has 1 aromatic carbocycles. The molecule has 5 nitrogen and oxygen atoms in total. The summed E-state index contributed by atoms with van der Waals surface area (Å²) in [5, 5.41) is 5.04. The van der Waals surface area contributed by atoms with Gasteiger partial charge in [0.2, 0.25) is 11.8 Å². The zero-order valence-electron chi connectivity index (χ0n) is 15.4. The highest BCUT2D eigenvalue weighted by atomic mass is 32.1. The van der Waals surface area contributed by atoms with Crippen LogP contribution in [0.2, 0.25) is 0 Å². The maximum atomic E-state index is 13.1. The smallest absolute Gasteiger partial charge is 0.230 e. The van der Waals surface area contributed by atoms with Crippen molar-refractivity contribution in [3.8, 4) is 0 Å². The van der Waals surface area contributed by atoms with Gasteiger partial charge in [-0.05, 0) is 23.4 Å². The molecule has 3 aliphatic heterocycles. The van der Waals surface area contributed by atoms with Gasteiger partial charge in [-0.25, -0.2) is 0 Å². The van der Waals surface area contributed by atoms with Crippen LogP contribution in [0.25, 0.3) is 0 Å². The SMILES string of the molecule is O=C(NCCc1ccccc1)C1C2C=CC3(CN(Cc4cccs4)C(=O)C13)O2. The van der Waals surface area contributed by atoms with E-state index in [0.717, 1.165) is 11.3 Å². The van der Waals surface area contributed by atoms with Crippen molar-refractivity contribution in [1.29, 1.82) is 0 Å². The second kappa shape index (κ2) is 6.87. The van der Waals surface area contributed by atoms with E-state index in [0.29, 0.717) is 19.6 Å². The summed E-state index contributed by atoms with van der Waals surface area (Å²) in [6.45, 7) is 1.66. The second-order valence-electron chi connectivity index (χ2n) is 7.70. The van der Waals surface area contributed by atoms with Crippen LogP contribution in [0.1, 0.15) is 10.4 Å². The van der Waals surface area contributed by atoms with Crippen LogP contribution in [0, 0.1) is 11.8 Å². The molecule has 2 amide bonds. The molecule has 5 rings (SSSR count). The summed E-state index contributed by atoms with van der Waals surface area (Å²) in [5.41, 5.74) is 0.544. The predicted molar refractivity (Wildman–Crippen MR) is 107 cm³/mol. The molecule has 0 saturated carbocycles. The van der Waals surface area contributed by atoms with Crippen LogP contribution in [0.15, 0.2) is 60.0 Å². The molecular formula is C22H22N2O3S. The zero-order valence-corrected chi connectivity index (χ0v) is 16.2. The first-order valence-electron chi connectivity index (χ1n) is 9.66. The van der Waals surface area contributed by atoms with Gasteiger partial charge >= 0.3 is 0 Å². The third-order valence-electron chi connectivity index (χ3n) is 5.96. The normalized spacial score (nSPS) is 30.1. The van der Waals surface area contributed by atoms with Crippen molar-refractivity contribution >= 4 is 23.2 Å². The van der Waals surface area contributed by atoms with Crippen LogP contribution >= 0.6 is 11.3 Å². The van der Waals surface area contributed by atoms with Gasteiger partial charge in [0.05, 0.1) is 31.0 Å². The largest absolute Gasteiger partial charge is 0.360 e. The molecule has 28 heavy (non-hydrogen) atoms. The van der Waals surface area contributed by atoms with Crippen molar-refractivity contribution in [1.82, 2.24) is 10.2 Å². The van der Waals surface area contributed by atoms with Gasteiger partial charge in [0, 0.05) is 11.4 Å². The Kier molecular flexibility index (Phi) is 4.33. The molecule has 144 valence electrons. The fourth-order valence-corrected chi connectivity index (χ4v) is 5.41. The number of thiophene rings is 1. The number of hydrogen-bond donors (Lipinski definition) is 1. The molecule has 2 fully saturated rings. The maximum absolute atomic E-state index is 13.1. The summed E-state index contributed by atoms with van der Waals surface area (Å²) in [7, 11) is 0. The fraction of sp³-hybridized carbons (Fsp3) is 0.364. The summed E-state index contributed by atoms with van der Waals surface area (Å²) in [5.74, 6) is -0.910. The molecule has 2 saturated heterocycles. The van der Waals surface area contributed by atoms with E-state index >= 15 is 0 Å². The molecule has 0 aliphatic carbocycles. The first-order valence-corrected chi connectivity index (χ1v) is 10.5. The van der Waals surface area contributed by atoms with E-state index in [9.17, 15) is 9.59 Å². The van der Waals surface area contributed by atoms with Crippen LogP contribution in [0.5, 0.6) is 0 Å². The Hall–Kier alpha value is -2.44. The molecule has 2 bridgehead atoms. The minimum atomic E-state index is -0.638. The zero-order chi connectivity index (χ0) is 19.1. The van der Waals surface area contributed by atoms with Gasteiger partial charge in [-0.2, -0.15) is 0 Å². The quantitative estimate of drug-likeness (QED) is 0.766. The average molecular weight is 394 g/mol. The lowest BCUT2D eigenvalue weighted by Crippen LogP contribution is -2.44. The number of carbonyl (C=O) groups excluding carboxylic acids is 2. The molecule has 4 heterocycles. The molecular weight excluding hydrogens is 372 g/mol. The summed E-state index contributed by atoms with van der Waals surface area (Å²) < 4.78 is 6.17. The van der Waals surface area contributed by atoms with Crippen LogP contribution in [0.4, 0.5) is 0 Å². The van der Waals surface area contributed by atoms with Crippen molar-refractivity contribution in [2.45, 2.75) is 24.7 Å². The van der Waals surface area contributed by atoms with E-state index in [2.05, 4.69) is 5.32 Å². The number of rotatable bonds is 6. The van der Waals surface area contributed by atoms with Gasteiger partial charge < -0.3 is 15.0 Å². The Morgan fingerprint density at radius 2 is 2.11 bits per heavy atom. The van der Waals surface area contributed by atoms with Gasteiger partial charge in [0.1, 0.15) is 5.60 Å². The average Bonchev–Trinajstić information content (AvgIpc) is 3.46. The minimum absolute atomic E-state index is 0.0310. The van der Waals surface area contributed by atoms with Crippen molar-refractivity contribution in [3.05, 3.63) is 70.4 Å². The number of carbonyl (C=O) groups is 2. The van der Waals surface area contributed by atoms with E-state index in [1.54, 1.807) is 11.3 Å². The van der Waals surface area contributed by atoms with E-state index in [-0.39, 0.29) is 17.9 Å². The molecule has 1 spiro atoms. The molecule has 0 radical (unpaired) electrons. The summed E-state index contributed by atoms with van der Waals surface area (Å²) >= 11 is 1.64. The Bertz CT molecular complexity index is 911. The molecule has 6 heteroatoms. The van der Waals surface area contributed by atoms with Crippen LogP contribution in [-0.4, -0.2) is 41.5 Å². The molecule has 3 aliphatic rings. The predicted octanol–water partition coefficient (Wildman–Crippen LogP) is 2.39. The van der Waals surface area contributed by atoms with Gasteiger partial charge in [-0.3, -0.25) is 9.59 Å². The van der Waals surface area contributed by atoms with Gasteiger partial charge in [0.25, 0.3) is 0 Å². The summed E-state index contributed by atoms with van der Waals surface area (Å²) in [4.78, 5) is 29.1.